The molecule has 1 aliphatic rings. The van der Waals surface area contributed by atoms with Crippen molar-refractivity contribution in [3.8, 4) is 11.4 Å². The predicted octanol–water partition coefficient (Wildman–Crippen LogP) is 2.75. The van der Waals surface area contributed by atoms with Gasteiger partial charge >= 0.3 is 0 Å². The molecule has 7 heteroatoms. The zero-order valence-corrected chi connectivity index (χ0v) is 16.3. The Balaban J connectivity index is 1.51. The summed E-state index contributed by atoms with van der Waals surface area (Å²) in [6.07, 6.45) is 5.02. The van der Waals surface area contributed by atoms with E-state index >= 15 is 0 Å². The van der Waals surface area contributed by atoms with E-state index in [-0.39, 0.29) is 0 Å². The highest BCUT2D eigenvalue weighted by molar-refractivity contribution is 5.81. The summed E-state index contributed by atoms with van der Waals surface area (Å²) in [5, 5.41) is 9.08. The number of aryl methyl sites for hydroxylation is 2. The van der Waals surface area contributed by atoms with Crippen LogP contribution in [0.1, 0.15) is 17.7 Å². The van der Waals surface area contributed by atoms with Gasteiger partial charge in [0.05, 0.1) is 29.5 Å². The van der Waals surface area contributed by atoms with E-state index in [0.29, 0.717) is 6.04 Å². The predicted molar refractivity (Wildman–Crippen MR) is 111 cm³/mol. The summed E-state index contributed by atoms with van der Waals surface area (Å²) in [6.45, 7) is 6.09. The normalized spacial score (nSPS) is 17.1. The zero-order chi connectivity index (χ0) is 19.3. The van der Waals surface area contributed by atoms with Gasteiger partial charge in [-0.05, 0) is 57.1 Å². The highest BCUT2D eigenvalue weighted by Crippen LogP contribution is 2.25. The number of fused-ring (bicyclic) bond motifs is 2. The lowest BCUT2D eigenvalue weighted by atomic mass is 10.2. The molecule has 0 aliphatic carbocycles. The van der Waals surface area contributed by atoms with Gasteiger partial charge in [0.2, 0.25) is 0 Å². The Hall–Kier alpha value is -3.06. The van der Waals surface area contributed by atoms with Crippen LogP contribution in [0.3, 0.4) is 0 Å². The van der Waals surface area contributed by atoms with Gasteiger partial charge in [-0.2, -0.15) is 5.10 Å². The summed E-state index contributed by atoms with van der Waals surface area (Å²) in [7, 11) is 2.02. The molecule has 4 aromatic rings. The maximum Gasteiger partial charge on any atom is 0.159 e. The van der Waals surface area contributed by atoms with Crippen LogP contribution in [0.5, 0.6) is 0 Å². The van der Waals surface area contributed by atoms with Crippen molar-refractivity contribution >= 4 is 22.4 Å². The fourth-order valence-corrected chi connectivity index (χ4v) is 3.92. The third-order valence-corrected chi connectivity index (χ3v) is 5.48. The first-order valence-electron chi connectivity index (χ1n) is 9.64. The summed E-state index contributed by atoms with van der Waals surface area (Å²) < 4.78 is 1.83. The molecule has 0 saturated carbocycles. The smallest absolute Gasteiger partial charge is 0.159 e. The first-order valence-corrected chi connectivity index (χ1v) is 9.64. The Morgan fingerprint density at radius 1 is 1.11 bits per heavy atom. The average molecular weight is 373 g/mol. The molecule has 0 aromatic carbocycles. The molecule has 0 radical (unpaired) electrons. The summed E-state index contributed by atoms with van der Waals surface area (Å²) >= 11 is 0. The number of imidazole rings is 1. The molecule has 5 rings (SSSR count). The quantitative estimate of drug-likeness (QED) is 0.595. The lowest BCUT2D eigenvalue weighted by Crippen LogP contribution is -2.29. The van der Waals surface area contributed by atoms with Crippen molar-refractivity contribution in [3.05, 3.63) is 47.9 Å². The fourth-order valence-electron chi connectivity index (χ4n) is 3.92. The van der Waals surface area contributed by atoms with E-state index in [2.05, 4.69) is 37.4 Å². The molecule has 0 bridgehead atoms. The summed E-state index contributed by atoms with van der Waals surface area (Å²) in [5.41, 5.74) is 6.46. The Morgan fingerprint density at radius 3 is 2.82 bits per heavy atom. The molecule has 142 valence electrons. The molecular weight excluding hydrogens is 350 g/mol. The molecule has 1 saturated heterocycles. The SMILES string of the molecule is CN[C@H]1CCN(c2cnc3nc(-c4cc(C)c5nc(C)cn5n4)ccc3c2)C1. The molecule has 1 fully saturated rings. The molecule has 1 N–H and O–H groups in total. The molecule has 0 spiro atoms. The summed E-state index contributed by atoms with van der Waals surface area (Å²) in [4.78, 5) is 16.3. The van der Waals surface area contributed by atoms with Crippen LogP contribution in [0, 0.1) is 13.8 Å². The zero-order valence-electron chi connectivity index (χ0n) is 16.3. The molecule has 1 atom stereocenters. The van der Waals surface area contributed by atoms with E-state index in [1.54, 1.807) is 0 Å². The van der Waals surface area contributed by atoms with Crippen LogP contribution in [0.25, 0.3) is 28.1 Å². The van der Waals surface area contributed by atoms with Gasteiger partial charge in [0.15, 0.2) is 11.3 Å². The maximum atomic E-state index is 4.76. The molecule has 0 amide bonds. The van der Waals surface area contributed by atoms with Gasteiger partial charge in [0.1, 0.15) is 5.69 Å². The Labute approximate surface area is 163 Å². The molecule has 28 heavy (non-hydrogen) atoms. The lowest BCUT2D eigenvalue weighted by molar-refractivity contribution is 0.617. The number of rotatable bonds is 3. The molecule has 7 nitrogen and oxygen atoms in total. The highest BCUT2D eigenvalue weighted by Gasteiger charge is 2.21. The number of hydrogen-bond acceptors (Lipinski definition) is 6. The van der Waals surface area contributed by atoms with Gasteiger partial charge in [-0.1, -0.05) is 0 Å². The topological polar surface area (TPSA) is 71.2 Å². The second-order valence-electron chi connectivity index (χ2n) is 7.52. The third-order valence-electron chi connectivity index (χ3n) is 5.48. The van der Waals surface area contributed by atoms with Crippen molar-refractivity contribution < 1.29 is 0 Å². The molecule has 4 aromatic heterocycles. The van der Waals surface area contributed by atoms with Crippen molar-refractivity contribution in [3.63, 3.8) is 0 Å². The first kappa shape index (κ1) is 17.1. The number of anilines is 1. The van der Waals surface area contributed by atoms with Gasteiger partial charge in [-0.25, -0.2) is 19.5 Å². The molecular formula is C21H23N7. The minimum Gasteiger partial charge on any atom is -0.369 e. The average Bonchev–Trinajstić information content (AvgIpc) is 3.33. The molecule has 0 unspecified atom stereocenters. The fraction of sp³-hybridized carbons (Fsp3) is 0.333. The van der Waals surface area contributed by atoms with Crippen molar-refractivity contribution in [2.45, 2.75) is 26.3 Å². The Morgan fingerprint density at radius 2 is 2.00 bits per heavy atom. The lowest BCUT2D eigenvalue weighted by Gasteiger charge is -2.18. The standard InChI is InChI=1S/C21H23N7/c1-13-8-19(26-28-11-14(2)24-21(13)28)18-5-4-15-9-17(10-23-20(15)25-18)27-7-6-16(12-27)22-3/h4-5,8-11,16,22H,6-7,12H2,1-3H3/t16-/m0/s1. The van der Waals surface area contributed by atoms with Gasteiger partial charge in [-0.3, -0.25) is 0 Å². The number of hydrogen-bond donors (Lipinski definition) is 1. The Kier molecular flexibility index (Phi) is 3.98. The monoisotopic (exact) mass is 373 g/mol. The van der Waals surface area contributed by atoms with Crippen LogP contribution in [0.4, 0.5) is 5.69 Å². The van der Waals surface area contributed by atoms with Crippen LogP contribution >= 0.6 is 0 Å². The van der Waals surface area contributed by atoms with Gasteiger partial charge in [-0.15, -0.1) is 0 Å². The van der Waals surface area contributed by atoms with Crippen molar-refractivity contribution in [1.82, 2.24) is 29.9 Å². The second-order valence-corrected chi connectivity index (χ2v) is 7.52. The number of likely N-dealkylation sites (N-methyl/N-ethyl adjacent to an activating group) is 1. The van der Waals surface area contributed by atoms with E-state index in [4.69, 9.17) is 4.98 Å². The minimum atomic E-state index is 0.548. The summed E-state index contributed by atoms with van der Waals surface area (Å²) in [6, 6.07) is 8.86. The van der Waals surface area contributed by atoms with E-state index in [1.807, 2.05) is 49.9 Å². The van der Waals surface area contributed by atoms with Gasteiger partial charge in [0, 0.05) is 24.5 Å². The second kappa shape index (κ2) is 6.53. The van der Waals surface area contributed by atoms with Crippen LogP contribution in [0.15, 0.2) is 36.7 Å². The molecule has 1 aliphatic heterocycles. The van der Waals surface area contributed by atoms with Crippen molar-refractivity contribution in [2.24, 2.45) is 0 Å². The van der Waals surface area contributed by atoms with Gasteiger partial charge < -0.3 is 10.2 Å². The highest BCUT2D eigenvalue weighted by atomic mass is 15.3. The van der Waals surface area contributed by atoms with Crippen LogP contribution in [0.2, 0.25) is 0 Å². The van der Waals surface area contributed by atoms with E-state index in [9.17, 15) is 0 Å². The Bertz CT molecular complexity index is 1180. The van der Waals surface area contributed by atoms with Crippen molar-refractivity contribution in [2.75, 3.05) is 25.0 Å². The number of nitrogens with one attached hydrogen (secondary N) is 1. The largest absolute Gasteiger partial charge is 0.369 e. The maximum absolute atomic E-state index is 4.76. The minimum absolute atomic E-state index is 0.548. The van der Waals surface area contributed by atoms with E-state index in [1.165, 1.54) is 0 Å². The summed E-state index contributed by atoms with van der Waals surface area (Å²) in [5.74, 6) is 0. The van der Waals surface area contributed by atoms with Crippen LogP contribution in [-0.2, 0) is 0 Å². The molecule has 5 heterocycles. The van der Waals surface area contributed by atoms with E-state index < -0.39 is 0 Å². The first-order chi connectivity index (χ1) is 13.6. The van der Waals surface area contributed by atoms with Crippen LogP contribution in [-0.4, -0.2) is 50.7 Å². The third kappa shape index (κ3) is 2.88. The van der Waals surface area contributed by atoms with Crippen molar-refractivity contribution in [1.29, 1.82) is 0 Å². The number of pyridine rings is 2. The number of aromatic nitrogens is 5. The number of nitrogens with zero attached hydrogens (tertiary/aromatic N) is 6. The van der Waals surface area contributed by atoms with Crippen LogP contribution < -0.4 is 10.2 Å². The van der Waals surface area contributed by atoms with E-state index in [0.717, 1.165) is 64.5 Å². The van der Waals surface area contributed by atoms with Gasteiger partial charge in [0.25, 0.3) is 0 Å².